The first-order valence-electron chi connectivity index (χ1n) is 9.72. The first-order chi connectivity index (χ1) is 13.7. The molecule has 28 heavy (non-hydrogen) atoms. The number of rotatable bonds is 0. The Kier molecular flexibility index (Phi) is 4.22. The van der Waals surface area contributed by atoms with Crippen LogP contribution in [0.2, 0.25) is 0 Å². The minimum absolute atomic E-state index is 0.0369. The van der Waals surface area contributed by atoms with Crippen LogP contribution in [0.3, 0.4) is 0 Å². The van der Waals surface area contributed by atoms with Crippen molar-refractivity contribution in [1.29, 1.82) is 0 Å². The summed E-state index contributed by atoms with van der Waals surface area (Å²) in [6.45, 7) is 2.55. The number of benzene rings is 2. The Bertz CT molecular complexity index is 1190. The van der Waals surface area contributed by atoms with Gasteiger partial charge in [-0.3, -0.25) is 14.3 Å². The second-order valence-electron chi connectivity index (χ2n) is 7.56. The molecule has 3 heterocycles. The van der Waals surface area contributed by atoms with E-state index in [1.54, 1.807) is 18.2 Å². The van der Waals surface area contributed by atoms with E-state index >= 15 is 0 Å². The monoisotopic (exact) mass is 373 g/mol. The maximum absolute atomic E-state index is 13.3. The highest BCUT2D eigenvalue weighted by Crippen LogP contribution is 2.25. The zero-order valence-corrected chi connectivity index (χ0v) is 15.5. The molecule has 140 valence electrons. The maximum Gasteiger partial charge on any atom is 0.261 e. The third-order valence-corrected chi connectivity index (χ3v) is 5.70. The van der Waals surface area contributed by atoms with Crippen molar-refractivity contribution in [3.8, 4) is 11.8 Å². The number of hydrogen-bond donors (Lipinski definition) is 0. The Morgan fingerprint density at radius 1 is 1.07 bits per heavy atom. The van der Waals surface area contributed by atoms with E-state index in [1.807, 2.05) is 16.7 Å². The minimum Gasteiger partial charge on any atom is -0.293 e. The summed E-state index contributed by atoms with van der Waals surface area (Å²) in [6.07, 6.45) is 3.60. The van der Waals surface area contributed by atoms with Gasteiger partial charge < -0.3 is 0 Å². The van der Waals surface area contributed by atoms with Gasteiger partial charge in [-0.25, -0.2) is 9.37 Å². The van der Waals surface area contributed by atoms with Crippen LogP contribution >= 0.6 is 0 Å². The van der Waals surface area contributed by atoms with Crippen LogP contribution in [0.15, 0.2) is 47.3 Å². The highest BCUT2D eigenvalue weighted by molar-refractivity contribution is 5.79. The average molecular weight is 373 g/mol. The smallest absolute Gasteiger partial charge is 0.261 e. The number of halogens is 1. The first-order valence-corrected chi connectivity index (χ1v) is 9.72. The molecule has 1 saturated heterocycles. The van der Waals surface area contributed by atoms with Crippen LogP contribution in [0.25, 0.3) is 10.9 Å². The van der Waals surface area contributed by atoms with Crippen LogP contribution in [0.4, 0.5) is 4.39 Å². The van der Waals surface area contributed by atoms with Gasteiger partial charge in [-0.15, -0.1) is 0 Å². The fourth-order valence-electron chi connectivity index (χ4n) is 4.23. The van der Waals surface area contributed by atoms with Gasteiger partial charge in [0.1, 0.15) is 11.6 Å². The van der Waals surface area contributed by atoms with Crippen molar-refractivity contribution in [1.82, 2.24) is 14.5 Å². The standard InChI is InChI=1S/C23H20FN3O/c24-18-5-3-4-16(12-18)7-8-17-9-10-20-21(13-17)25-22-15-26-11-2-1-6-19(26)14-27(22)23(20)28/h3-5,9-10,12-13,19H,1-2,6,11,14-15H2. The van der Waals surface area contributed by atoms with Crippen LogP contribution in [0, 0.1) is 17.7 Å². The molecule has 0 spiro atoms. The van der Waals surface area contributed by atoms with Crippen molar-refractivity contribution in [2.24, 2.45) is 0 Å². The predicted molar refractivity (Wildman–Crippen MR) is 106 cm³/mol. The van der Waals surface area contributed by atoms with Gasteiger partial charge in [0.15, 0.2) is 0 Å². The van der Waals surface area contributed by atoms with Gasteiger partial charge in [0, 0.05) is 23.7 Å². The molecular weight excluding hydrogens is 353 g/mol. The second-order valence-corrected chi connectivity index (χ2v) is 7.56. The topological polar surface area (TPSA) is 38.1 Å². The van der Waals surface area contributed by atoms with E-state index in [4.69, 9.17) is 4.98 Å². The number of piperidine rings is 1. The fourth-order valence-corrected chi connectivity index (χ4v) is 4.23. The van der Waals surface area contributed by atoms with Crippen molar-refractivity contribution in [2.75, 3.05) is 6.54 Å². The van der Waals surface area contributed by atoms with Crippen LogP contribution in [-0.4, -0.2) is 27.0 Å². The van der Waals surface area contributed by atoms with Crippen molar-refractivity contribution in [3.63, 3.8) is 0 Å². The van der Waals surface area contributed by atoms with E-state index in [0.29, 0.717) is 22.5 Å². The van der Waals surface area contributed by atoms with Crippen LogP contribution in [0.1, 0.15) is 36.2 Å². The summed E-state index contributed by atoms with van der Waals surface area (Å²) in [4.78, 5) is 20.2. The summed E-state index contributed by atoms with van der Waals surface area (Å²) in [6, 6.07) is 12.2. The van der Waals surface area contributed by atoms with Gasteiger partial charge in [-0.05, 0) is 55.8 Å². The summed E-state index contributed by atoms with van der Waals surface area (Å²) in [5.41, 5.74) is 2.10. The molecule has 3 aromatic rings. The molecule has 0 radical (unpaired) electrons. The van der Waals surface area contributed by atoms with Crippen molar-refractivity contribution in [2.45, 2.75) is 38.4 Å². The summed E-state index contributed by atoms with van der Waals surface area (Å²) >= 11 is 0. The zero-order chi connectivity index (χ0) is 19.1. The molecule has 2 aliphatic heterocycles. The largest absolute Gasteiger partial charge is 0.293 e. The van der Waals surface area contributed by atoms with E-state index in [2.05, 4.69) is 16.7 Å². The van der Waals surface area contributed by atoms with Gasteiger partial charge in [0.05, 0.1) is 17.4 Å². The third-order valence-electron chi connectivity index (χ3n) is 5.70. The van der Waals surface area contributed by atoms with Crippen molar-refractivity contribution in [3.05, 3.63) is 75.6 Å². The van der Waals surface area contributed by atoms with Gasteiger partial charge >= 0.3 is 0 Å². The second kappa shape index (κ2) is 6.88. The Balaban J connectivity index is 1.53. The molecule has 0 N–H and O–H groups in total. The molecule has 5 heteroatoms. The number of nitrogens with zero attached hydrogens (tertiary/aromatic N) is 3. The van der Waals surface area contributed by atoms with E-state index < -0.39 is 0 Å². The molecule has 0 amide bonds. The molecule has 2 aliphatic rings. The quantitative estimate of drug-likeness (QED) is 0.568. The van der Waals surface area contributed by atoms with Gasteiger partial charge in [-0.1, -0.05) is 24.3 Å². The molecule has 0 aliphatic carbocycles. The third kappa shape index (κ3) is 3.10. The highest BCUT2D eigenvalue weighted by atomic mass is 19.1. The lowest BCUT2D eigenvalue weighted by Crippen LogP contribution is -2.49. The summed E-state index contributed by atoms with van der Waals surface area (Å²) < 4.78 is 15.2. The molecule has 1 fully saturated rings. The molecule has 1 unspecified atom stereocenters. The lowest BCUT2D eigenvalue weighted by Gasteiger charge is -2.40. The van der Waals surface area contributed by atoms with Gasteiger partial charge in [-0.2, -0.15) is 0 Å². The number of aromatic nitrogens is 2. The van der Waals surface area contributed by atoms with Gasteiger partial charge in [0.25, 0.3) is 5.56 Å². The van der Waals surface area contributed by atoms with Crippen molar-refractivity contribution >= 4 is 10.9 Å². The lowest BCUT2D eigenvalue weighted by atomic mass is 10.00. The van der Waals surface area contributed by atoms with E-state index in [1.165, 1.54) is 25.0 Å². The molecule has 1 atom stereocenters. The van der Waals surface area contributed by atoms with E-state index in [-0.39, 0.29) is 11.4 Å². The molecule has 0 bridgehead atoms. The van der Waals surface area contributed by atoms with E-state index in [0.717, 1.165) is 37.4 Å². The number of hydrogen-bond acceptors (Lipinski definition) is 3. The first kappa shape index (κ1) is 17.2. The lowest BCUT2D eigenvalue weighted by molar-refractivity contribution is 0.0952. The zero-order valence-electron chi connectivity index (χ0n) is 15.5. The predicted octanol–water partition coefficient (Wildman–Crippen LogP) is 3.30. The summed E-state index contributed by atoms with van der Waals surface area (Å²) in [5, 5.41) is 0.629. The Labute approximate surface area is 162 Å². The Morgan fingerprint density at radius 2 is 1.93 bits per heavy atom. The SMILES string of the molecule is O=c1c2ccc(C#Cc3cccc(F)c3)cc2nc2n1CC1CCCCN1C2. The normalized spacial score (nSPS) is 18.8. The van der Waals surface area contributed by atoms with Crippen LogP contribution in [0.5, 0.6) is 0 Å². The molecule has 1 aromatic heterocycles. The summed E-state index contributed by atoms with van der Waals surface area (Å²) in [5.74, 6) is 6.56. The van der Waals surface area contributed by atoms with Crippen molar-refractivity contribution < 1.29 is 4.39 Å². The van der Waals surface area contributed by atoms with E-state index in [9.17, 15) is 9.18 Å². The molecule has 4 nitrogen and oxygen atoms in total. The molecule has 5 rings (SSSR count). The fraction of sp³-hybridized carbons (Fsp3) is 0.304. The minimum atomic E-state index is -0.303. The Hall–Kier alpha value is -2.97. The number of fused-ring (bicyclic) bond motifs is 3. The Morgan fingerprint density at radius 3 is 2.79 bits per heavy atom. The highest BCUT2D eigenvalue weighted by Gasteiger charge is 2.29. The summed E-state index contributed by atoms with van der Waals surface area (Å²) in [7, 11) is 0. The van der Waals surface area contributed by atoms with Crippen LogP contribution < -0.4 is 5.56 Å². The molecular formula is C23H20FN3O. The maximum atomic E-state index is 13.3. The molecule has 0 saturated carbocycles. The van der Waals surface area contributed by atoms with Crippen LogP contribution in [-0.2, 0) is 13.1 Å². The van der Waals surface area contributed by atoms with Gasteiger partial charge in [0.2, 0.25) is 0 Å². The average Bonchev–Trinajstić information content (AvgIpc) is 2.71. The molecule has 2 aromatic carbocycles.